The Balaban J connectivity index is 1.79. The number of nitrogens with zero attached hydrogens (tertiary/aromatic N) is 1. The summed E-state index contributed by atoms with van der Waals surface area (Å²) in [5, 5.41) is 2.82. The molecular weight excluding hydrogens is 340 g/mol. The molecule has 1 N–H and O–H groups in total. The van der Waals surface area contributed by atoms with Gasteiger partial charge in [-0.3, -0.25) is 9.59 Å². The van der Waals surface area contributed by atoms with Crippen molar-refractivity contribution in [1.29, 1.82) is 0 Å². The Kier molecular flexibility index (Phi) is 5.41. The topological polar surface area (TPSA) is 58.6 Å². The highest BCUT2D eigenvalue weighted by atomic mass is 16.5. The molecule has 5 heteroatoms. The van der Waals surface area contributed by atoms with Gasteiger partial charge in [0.05, 0.1) is 5.69 Å². The van der Waals surface area contributed by atoms with Gasteiger partial charge in [-0.15, -0.1) is 0 Å². The number of amides is 2. The van der Waals surface area contributed by atoms with Crippen molar-refractivity contribution in [2.45, 2.75) is 20.0 Å². The van der Waals surface area contributed by atoms with Crippen molar-refractivity contribution in [3.05, 3.63) is 72.3 Å². The van der Waals surface area contributed by atoms with Crippen LogP contribution in [0.3, 0.4) is 0 Å². The van der Waals surface area contributed by atoms with Crippen molar-refractivity contribution in [3.8, 4) is 5.75 Å². The molecule has 1 aliphatic rings. The Morgan fingerprint density at radius 2 is 2.00 bits per heavy atom. The predicted octanol–water partition coefficient (Wildman–Crippen LogP) is 4.03. The molecule has 1 aliphatic heterocycles. The van der Waals surface area contributed by atoms with Gasteiger partial charge >= 0.3 is 0 Å². The van der Waals surface area contributed by atoms with Crippen LogP contribution >= 0.6 is 0 Å². The van der Waals surface area contributed by atoms with Gasteiger partial charge in [0.25, 0.3) is 5.91 Å². The number of carbonyl (C=O) groups is 2. The van der Waals surface area contributed by atoms with Gasteiger partial charge in [0, 0.05) is 18.3 Å². The van der Waals surface area contributed by atoms with Crippen LogP contribution in [0.4, 0.5) is 11.4 Å². The number of hydrogen-bond acceptors (Lipinski definition) is 3. The molecule has 0 bridgehead atoms. The third kappa shape index (κ3) is 4.44. The molecule has 5 nitrogen and oxygen atoms in total. The highest BCUT2D eigenvalue weighted by Crippen LogP contribution is 2.36. The average Bonchev–Trinajstić information content (AvgIpc) is 2.65. The Hall–Kier alpha value is -3.34. The number of rotatable bonds is 5. The van der Waals surface area contributed by atoms with E-state index in [1.165, 1.54) is 6.08 Å². The number of benzene rings is 2. The smallest absolute Gasteiger partial charge is 0.268 e. The first-order valence-electron chi connectivity index (χ1n) is 8.74. The Morgan fingerprint density at radius 1 is 1.26 bits per heavy atom. The quantitative estimate of drug-likeness (QED) is 0.645. The third-order valence-electron chi connectivity index (χ3n) is 4.09. The van der Waals surface area contributed by atoms with E-state index >= 15 is 0 Å². The van der Waals surface area contributed by atoms with Gasteiger partial charge in [0.1, 0.15) is 5.75 Å². The molecule has 0 saturated carbocycles. The van der Waals surface area contributed by atoms with Crippen LogP contribution < -0.4 is 15.0 Å². The summed E-state index contributed by atoms with van der Waals surface area (Å²) in [5.74, 6) is 0.237. The number of anilines is 2. The first-order chi connectivity index (χ1) is 12.9. The third-order valence-corrected chi connectivity index (χ3v) is 4.09. The molecule has 0 spiro atoms. The van der Waals surface area contributed by atoms with Gasteiger partial charge in [-0.05, 0) is 43.7 Å². The first kappa shape index (κ1) is 18.5. The van der Waals surface area contributed by atoms with E-state index in [0.717, 1.165) is 11.1 Å². The summed E-state index contributed by atoms with van der Waals surface area (Å²) in [7, 11) is 0. The fraction of sp³-hybridized carbons (Fsp3) is 0.182. The van der Waals surface area contributed by atoms with E-state index in [-0.39, 0.29) is 11.8 Å². The van der Waals surface area contributed by atoms with E-state index in [1.807, 2.05) is 37.3 Å². The van der Waals surface area contributed by atoms with Gasteiger partial charge < -0.3 is 15.0 Å². The maximum absolute atomic E-state index is 12.5. The van der Waals surface area contributed by atoms with Crippen LogP contribution in [0.5, 0.6) is 5.75 Å². The normalized spacial score (nSPS) is 16.0. The predicted molar refractivity (Wildman–Crippen MR) is 108 cm³/mol. The minimum Gasteiger partial charge on any atom is -0.479 e. The number of fused-ring (bicyclic) bond motifs is 1. The van der Waals surface area contributed by atoms with E-state index in [2.05, 4.69) is 11.9 Å². The molecule has 0 aliphatic carbocycles. The monoisotopic (exact) mass is 362 g/mol. The number of hydrogen-bond donors (Lipinski definition) is 1. The van der Waals surface area contributed by atoms with Gasteiger partial charge in [0.2, 0.25) is 5.91 Å². The van der Waals surface area contributed by atoms with E-state index in [1.54, 1.807) is 36.1 Å². The zero-order valence-electron chi connectivity index (χ0n) is 15.4. The van der Waals surface area contributed by atoms with Gasteiger partial charge in [-0.1, -0.05) is 42.5 Å². The molecule has 2 aromatic rings. The lowest BCUT2D eigenvalue weighted by molar-refractivity contribution is -0.125. The van der Waals surface area contributed by atoms with Crippen molar-refractivity contribution < 1.29 is 14.3 Å². The average molecular weight is 362 g/mol. The summed E-state index contributed by atoms with van der Waals surface area (Å²) in [6.07, 6.45) is 2.67. The highest BCUT2D eigenvalue weighted by Gasteiger charge is 2.31. The second-order valence-corrected chi connectivity index (χ2v) is 6.56. The van der Waals surface area contributed by atoms with Crippen LogP contribution in [0.15, 0.2) is 66.8 Å². The molecule has 3 rings (SSSR count). The molecule has 0 radical (unpaired) electrons. The van der Waals surface area contributed by atoms with Crippen LogP contribution in [0, 0.1) is 0 Å². The Labute approximate surface area is 158 Å². The Bertz CT molecular complexity index is 903. The molecule has 1 unspecified atom stereocenters. The zero-order valence-corrected chi connectivity index (χ0v) is 15.4. The van der Waals surface area contributed by atoms with Crippen LogP contribution in [0.1, 0.15) is 19.4 Å². The van der Waals surface area contributed by atoms with Crippen LogP contribution in [0.2, 0.25) is 0 Å². The summed E-state index contributed by atoms with van der Waals surface area (Å²) in [5.41, 5.74) is 3.03. The molecular formula is C22H22N2O3. The molecule has 0 fully saturated rings. The van der Waals surface area contributed by atoms with Crippen molar-refractivity contribution in [3.63, 3.8) is 0 Å². The lowest BCUT2D eigenvalue weighted by atomic mass is 10.1. The van der Waals surface area contributed by atoms with E-state index in [0.29, 0.717) is 23.7 Å². The zero-order chi connectivity index (χ0) is 19.4. The second kappa shape index (κ2) is 7.91. The SMILES string of the molecule is C=C(C)CN1C(=O)C(C)Oc2ccc(NC(=O)/C=C/c3ccccc3)cc21. The summed E-state index contributed by atoms with van der Waals surface area (Å²) in [6.45, 7) is 7.89. The first-order valence-corrected chi connectivity index (χ1v) is 8.74. The number of ether oxygens (including phenoxy) is 1. The molecule has 0 saturated heterocycles. The fourth-order valence-electron chi connectivity index (χ4n) is 2.84. The van der Waals surface area contributed by atoms with Crippen LogP contribution in [-0.4, -0.2) is 24.5 Å². The Morgan fingerprint density at radius 3 is 2.70 bits per heavy atom. The van der Waals surface area contributed by atoms with Crippen molar-refractivity contribution in [2.24, 2.45) is 0 Å². The van der Waals surface area contributed by atoms with Gasteiger partial charge in [-0.2, -0.15) is 0 Å². The lowest BCUT2D eigenvalue weighted by Gasteiger charge is -2.33. The van der Waals surface area contributed by atoms with Gasteiger partial charge in [0.15, 0.2) is 6.10 Å². The molecule has 138 valence electrons. The maximum atomic E-state index is 12.5. The standard InChI is InChI=1S/C22H22N2O3/c1-15(2)14-24-19-13-18(10-11-20(19)27-16(3)22(24)26)23-21(25)12-9-17-7-5-4-6-8-17/h4-13,16H,1,14H2,2-3H3,(H,23,25)/b12-9+. The van der Waals surface area contributed by atoms with Gasteiger partial charge in [-0.25, -0.2) is 0 Å². The summed E-state index contributed by atoms with van der Waals surface area (Å²) < 4.78 is 5.67. The van der Waals surface area contributed by atoms with E-state index < -0.39 is 6.10 Å². The minimum absolute atomic E-state index is 0.127. The van der Waals surface area contributed by atoms with Crippen molar-refractivity contribution in [2.75, 3.05) is 16.8 Å². The molecule has 1 atom stereocenters. The highest BCUT2D eigenvalue weighted by molar-refractivity contribution is 6.04. The second-order valence-electron chi connectivity index (χ2n) is 6.56. The lowest BCUT2D eigenvalue weighted by Crippen LogP contribution is -2.45. The summed E-state index contributed by atoms with van der Waals surface area (Å²) in [6, 6.07) is 14.9. The maximum Gasteiger partial charge on any atom is 0.268 e. The van der Waals surface area contributed by atoms with E-state index in [4.69, 9.17) is 4.74 Å². The number of carbonyl (C=O) groups excluding carboxylic acids is 2. The van der Waals surface area contributed by atoms with Crippen LogP contribution in [-0.2, 0) is 9.59 Å². The van der Waals surface area contributed by atoms with Crippen molar-refractivity contribution in [1.82, 2.24) is 0 Å². The minimum atomic E-state index is -0.550. The molecule has 1 heterocycles. The summed E-state index contributed by atoms with van der Waals surface area (Å²) in [4.78, 5) is 26.3. The fourth-order valence-corrected chi connectivity index (χ4v) is 2.84. The molecule has 27 heavy (non-hydrogen) atoms. The molecule has 2 aromatic carbocycles. The molecule has 2 amide bonds. The van der Waals surface area contributed by atoms with Crippen molar-refractivity contribution >= 4 is 29.3 Å². The summed E-state index contributed by atoms with van der Waals surface area (Å²) >= 11 is 0. The number of nitrogens with one attached hydrogen (secondary N) is 1. The largest absolute Gasteiger partial charge is 0.479 e. The molecule has 0 aromatic heterocycles. The van der Waals surface area contributed by atoms with E-state index in [9.17, 15) is 9.59 Å². The van der Waals surface area contributed by atoms with Crippen LogP contribution in [0.25, 0.3) is 6.08 Å².